The SMILES string of the molecule is Cc1cccc(C(O)c2ccc3c(c2)oc(=O)n3C)c1Br. The number of aromatic nitrogens is 1. The van der Waals surface area contributed by atoms with Crippen molar-refractivity contribution in [2.45, 2.75) is 13.0 Å². The Labute approximate surface area is 129 Å². The van der Waals surface area contributed by atoms with Crippen LogP contribution in [0.15, 0.2) is 50.1 Å². The van der Waals surface area contributed by atoms with Gasteiger partial charge in [-0.15, -0.1) is 0 Å². The highest BCUT2D eigenvalue weighted by atomic mass is 79.9. The molecular formula is C16H14BrNO3. The van der Waals surface area contributed by atoms with Gasteiger partial charge in [0.15, 0.2) is 5.58 Å². The van der Waals surface area contributed by atoms with Crippen LogP contribution in [0, 0.1) is 6.92 Å². The fraction of sp³-hybridized carbons (Fsp3) is 0.188. The number of fused-ring (bicyclic) bond motifs is 1. The summed E-state index contributed by atoms with van der Waals surface area (Å²) in [6, 6.07) is 11.0. The van der Waals surface area contributed by atoms with Crippen LogP contribution in [-0.4, -0.2) is 9.67 Å². The monoisotopic (exact) mass is 347 g/mol. The van der Waals surface area contributed by atoms with Crippen molar-refractivity contribution in [3.05, 3.63) is 68.1 Å². The van der Waals surface area contributed by atoms with Crippen molar-refractivity contribution >= 4 is 27.0 Å². The highest BCUT2D eigenvalue weighted by Gasteiger charge is 2.16. The third-order valence-electron chi connectivity index (χ3n) is 3.65. The van der Waals surface area contributed by atoms with Crippen LogP contribution < -0.4 is 5.76 Å². The van der Waals surface area contributed by atoms with Gasteiger partial charge in [0.1, 0.15) is 6.10 Å². The molecule has 4 nitrogen and oxygen atoms in total. The highest BCUT2D eigenvalue weighted by molar-refractivity contribution is 9.10. The fourth-order valence-corrected chi connectivity index (χ4v) is 2.86. The lowest BCUT2D eigenvalue weighted by molar-refractivity contribution is 0.219. The number of hydrogen-bond acceptors (Lipinski definition) is 3. The molecule has 1 N–H and O–H groups in total. The van der Waals surface area contributed by atoms with E-state index in [9.17, 15) is 9.90 Å². The molecule has 0 spiro atoms. The Bertz CT molecular complexity index is 879. The molecule has 0 aliphatic carbocycles. The van der Waals surface area contributed by atoms with E-state index in [0.717, 1.165) is 15.6 Å². The smallest absolute Gasteiger partial charge is 0.408 e. The zero-order valence-electron chi connectivity index (χ0n) is 11.6. The molecule has 0 aliphatic heterocycles. The maximum atomic E-state index is 11.5. The van der Waals surface area contributed by atoms with E-state index >= 15 is 0 Å². The van der Waals surface area contributed by atoms with E-state index in [-0.39, 0.29) is 0 Å². The summed E-state index contributed by atoms with van der Waals surface area (Å²) >= 11 is 3.51. The Morgan fingerprint density at radius 2 is 2.05 bits per heavy atom. The van der Waals surface area contributed by atoms with Crippen LogP contribution in [0.1, 0.15) is 22.8 Å². The summed E-state index contributed by atoms with van der Waals surface area (Å²) in [5.41, 5.74) is 3.71. The minimum atomic E-state index is -0.783. The van der Waals surface area contributed by atoms with E-state index in [1.807, 2.05) is 25.1 Å². The number of rotatable bonds is 2. The first-order valence-corrected chi connectivity index (χ1v) is 7.31. The van der Waals surface area contributed by atoms with E-state index in [1.54, 1.807) is 25.2 Å². The Kier molecular flexibility index (Phi) is 3.47. The largest absolute Gasteiger partial charge is 0.419 e. The van der Waals surface area contributed by atoms with E-state index in [1.165, 1.54) is 4.57 Å². The molecule has 1 heterocycles. The van der Waals surface area contributed by atoms with Crippen LogP contribution in [-0.2, 0) is 7.05 Å². The van der Waals surface area contributed by atoms with Gasteiger partial charge in [-0.25, -0.2) is 4.79 Å². The topological polar surface area (TPSA) is 55.4 Å². The fourth-order valence-electron chi connectivity index (χ4n) is 2.38. The minimum absolute atomic E-state index is 0.409. The van der Waals surface area contributed by atoms with Gasteiger partial charge in [-0.05, 0) is 35.7 Å². The molecule has 5 heteroatoms. The van der Waals surface area contributed by atoms with Gasteiger partial charge < -0.3 is 9.52 Å². The van der Waals surface area contributed by atoms with Gasteiger partial charge in [0.25, 0.3) is 0 Å². The molecular weight excluding hydrogens is 334 g/mol. The number of aryl methyl sites for hydroxylation is 2. The van der Waals surface area contributed by atoms with Gasteiger partial charge >= 0.3 is 5.76 Å². The number of nitrogens with zero attached hydrogens (tertiary/aromatic N) is 1. The molecule has 1 unspecified atom stereocenters. The van der Waals surface area contributed by atoms with Crippen LogP contribution in [0.25, 0.3) is 11.1 Å². The molecule has 2 aromatic carbocycles. The lowest BCUT2D eigenvalue weighted by Gasteiger charge is -2.14. The molecule has 3 rings (SSSR count). The van der Waals surface area contributed by atoms with Gasteiger partial charge in [-0.2, -0.15) is 0 Å². The molecule has 1 atom stereocenters. The molecule has 0 radical (unpaired) electrons. The summed E-state index contributed by atoms with van der Waals surface area (Å²) < 4.78 is 7.48. The average molecular weight is 348 g/mol. The van der Waals surface area contributed by atoms with Gasteiger partial charge in [0.2, 0.25) is 0 Å². The predicted molar refractivity (Wildman–Crippen MR) is 84.4 cm³/mol. The maximum Gasteiger partial charge on any atom is 0.419 e. The number of halogens is 1. The third-order valence-corrected chi connectivity index (χ3v) is 4.73. The summed E-state index contributed by atoms with van der Waals surface area (Å²) in [5, 5.41) is 10.6. The van der Waals surface area contributed by atoms with Crippen molar-refractivity contribution in [1.29, 1.82) is 0 Å². The van der Waals surface area contributed by atoms with Crippen LogP contribution in [0.3, 0.4) is 0 Å². The second-order valence-electron chi connectivity index (χ2n) is 5.03. The summed E-state index contributed by atoms with van der Waals surface area (Å²) in [7, 11) is 1.65. The average Bonchev–Trinajstić information content (AvgIpc) is 2.76. The summed E-state index contributed by atoms with van der Waals surface area (Å²) in [5.74, 6) is -0.409. The zero-order valence-corrected chi connectivity index (χ0v) is 13.2. The summed E-state index contributed by atoms with van der Waals surface area (Å²) in [6.07, 6.45) is -0.783. The molecule has 108 valence electrons. The molecule has 0 amide bonds. The van der Waals surface area contributed by atoms with Crippen molar-refractivity contribution in [3.63, 3.8) is 0 Å². The van der Waals surface area contributed by atoms with Crippen LogP contribution in [0.5, 0.6) is 0 Å². The Hall–Kier alpha value is -1.85. The molecule has 0 bridgehead atoms. The zero-order chi connectivity index (χ0) is 15.1. The van der Waals surface area contributed by atoms with Crippen molar-refractivity contribution in [2.75, 3.05) is 0 Å². The first-order chi connectivity index (χ1) is 9.99. The second kappa shape index (κ2) is 5.16. The Balaban J connectivity index is 2.11. The molecule has 0 aliphatic rings. The van der Waals surface area contributed by atoms with E-state index < -0.39 is 11.9 Å². The molecule has 21 heavy (non-hydrogen) atoms. The van der Waals surface area contributed by atoms with Crippen molar-refractivity contribution < 1.29 is 9.52 Å². The van der Waals surface area contributed by atoms with Gasteiger partial charge in [0.05, 0.1) is 5.52 Å². The first-order valence-electron chi connectivity index (χ1n) is 6.51. The van der Waals surface area contributed by atoms with Crippen LogP contribution in [0.4, 0.5) is 0 Å². The molecule has 0 fully saturated rings. The number of oxazole rings is 1. The van der Waals surface area contributed by atoms with E-state index in [2.05, 4.69) is 15.9 Å². The number of benzene rings is 2. The van der Waals surface area contributed by atoms with Crippen molar-refractivity contribution in [2.24, 2.45) is 7.05 Å². The highest BCUT2D eigenvalue weighted by Crippen LogP contribution is 2.31. The van der Waals surface area contributed by atoms with Gasteiger partial charge in [0, 0.05) is 11.5 Å². The van der Waals surface area contributed by atoms with Gasteiger partial charge in [-0.1, -0.05) is 40.2 Å². The Morgan fingerprint density at radius 3 is 2.81 bits per heavy atom. The Morgan fingerprint density at radius 1 is 1.29 bits per heavy atom. The third kappa shape index (κ3) is 2.32. The molecule has 1 aromatic heterocycles. The summed E-state index contributed by atoms with van der Waals surface area (Å²) in [6.45, 7) is 1.97. The normalized spacial score (nSPS) is 12.8. The molecule has 0 saturated carbocycles. The predicted octanol–water partition coefficient (Wildman–Crippen LogP) is 3.28. The number of aliphatic hydroxyl groups excluding tert-OH is 1. The first kappa shape index (κ1) is 14.1. The number of aliphatic hydroxyl groups is 1. The molecule has 3 aromatic rings. The van der Waals surface area contributed by atoms with E-state index in [0.29, 0.717) is 16.7 Å². The van der Waals surface area contributed by atoms with Crippen molar-refractivity contribution in [3.8, 4) is 0 Å². The summed E-state index contributed by atoms with van der Waals surface area (Å²) in [4.78, 5) is 11.5. The lowest BCUT2D eigenvalue weighted by Crippen LogP contribution is -2.08. The lowest BCUT2D eigenvalue weighted by atomic mass is 10.00. The van der Waals surface area contributed by atoms with Crippen LogP contribution >= 0.6 is 15.9 Å². The van der Waals surface area contributed by atoms with Crippen molar-refractivity contribution in [1.82, 2.24) is 4.57 Å². The van der Waals surface area contributed by atoms with Gasteiger partial charge in [-0.3, -0.25) is 4.57 Å². The van der Waals surface area contributed by atoms with E-state index in [4.69, 9.17) is 4.42 Å². The maximum absolute atomic E-state index is 11.5. The quantitative estimate of drug-likeness (QED) is 0.773. The molecule has 0 saturated heterocycles. The second-order valence-corrected chi connectivity index (χ2v) is 5.83. The van der Waals surface area contributed by atoms with Crippen LogP contribution in [0.2, 0.25) is 0 Å². The number of hydrogen-bond donors (Lipinski definition) is 1. The minimum Gasteiger partial charge on any atom is -0.408 e. The standard InChI is InChI=1S/C16H14BrNO3/c1-9-4-3-5-11(14(9)17)15(19)10-6-7-12-13(8-10)21-16(20)18(12)2/h3-8,15,19H,1-2H3.